The molecule has 0 amide bonds. The van der Waals surface area contributed by atoms with Crippen molar-refractivity contribution in [3.63, 3.8) is 0 Å². The van der Waals surface area contributed by atoms with Gasteiger partial charge in [-0.2, -0.15) is 0 Å². The minimum absolute atomic E-state index is 0.643. The van der Waals surface area contributed by atoms with Crippen LogP contribution in [0.25, 0.3) is 0 Å². The van der Waals surface area contributed by atoms with Crippen molar-refractivity contribution in [2.75, 3.05) is 25.7 Å². The first-order chi connectivity index (χ1) is 10.2. The summed E-state index contributed by atoms with van der Waals surface area (Å²) in [5.41, 5.74) is 1.24. The van der Waals surface area contributed by atoms with Gasteiger partial charge in [0.25, 0.3) is 0 Å². The Morgan fingerprint density at radius 1 is 1.05 bits per heavy atom. The van der Waals surface area contributed by atoms with Crippen molar-refractivity contribution >= 4 is 5.69 Å². The summed E-state index contributed by atoms with van der Waals surface area (Å²) in [4.78, 5) is 2.60. The van der Waals surface area contributed by atoms with Crippen molar-refractivity contribution in [1.82, 2.24) is 5.32 Å². The third-order valence-corrected chi connectivity index (χ3v) is 4.86. The molecule has 0 aromatic heterocycles. The summed E-state index contributed by atoms with van der Waals surface area (Å²) in [5, 5.41) is 3.63. The quantitative estimate of drug-likeness (QED) is 0.904. The van der Waals surface area contributed by atoms with E-state index in [2.05, 4.69) is 29.3 Å². The Kier molecular flexibility index (Phi) is 4.24. The highest BCUT2D eigenvalue weighted by molar-refractivity contribution is 5.58. The number of nitrogens with zero attached hydrogens (tertiary/aromatic N) is 1. The molecule has 116 valence electrons. The van der Waals surface area contributed by atoms with Crippen molar-refractivity contribution in [2.45, 2.75) is 50.7 Å². The molecule has 2 aliphatic heterocycles. The second-order valence-electron chi connectivity index (χ2n) is 6.09. The lowest BCUT2D eigenvalue weighted by Crippen LogP contribution is -2.49. The molecule has 21 heavy (non-hydrogen) atoms. The number of hydrogen-bond acceptors (Lipinski definition) is 4. The monoisotopic (exact) mass is 290 g/mol. The average Bonchev–Trinajstić information content (AvgIpc) is 2.78. The van der Waals surface area contributed by atoms with Gasteiger partial charge in [-0.15, -0.1) is 0 Å². The number of methoxy groups -OCH3 is 2. The molecule has 3 rings (SSSR count). The van der Waals surface area contributed by atoms with E-state index in [1.54, 1.807) is 14.2 Å². The van der Waals surface area contributed by atoms with E-state index in [1.165, 1.54) is 31.4 Å². The summed E-state index contributed by atoms with van der Waals surface area (Å²) < 4.78 is 10.8. The van der Waals surface area contributed by atoms with Gasteiger partial charge in [0, 0.05) is 42.0 Å². The zero-order chi connectivity index (χ0) is 14.8. The Labute approximate surface area is 127 Å². The van der Waals surface area contributed by atoms with E-state index in [9.17, 15) is 0 Å². The Morgan fingerprint density at radius 2 is 1.62 bits per heavy atom. The zero-order valence-corrected chi connectivity index (χ0v) is 13.3. The van der Waals surface area contributed by atoms with Gasteiger partial charge in [0.2, 0.25) is 0 Å². The first kappa shape index (κ1) is 14.5. The van der Waals surface area contributed by atoms with Crippen molar-refractivity contribution in [2.24, 2.45) is 0 Å². The van der Waals surface area contributed by atoms with Gasteiger partial charge < -0.3 is 19.7 Å². The van der Waals surface area contributed by atoms with Crippen LogP contribution in [0.4, 0.5) is 5.69 Å². The lowest BCUT2D eigenvalue weighted by atomic mass is 9.96. The number of rotatable bonds is 5. The number of piperidine rings is 1. The lowest BCUT2D eigenvalue weighted by molar-refractivity contribution is 0.359. The van der Waals surface area contributed by atoms with E-state index < -0.39 is 0 Å². The Balaban J connectivity index is 1.84. The zero-order valence-electron chi connectivity index (χ0n) is 13.3. The van der Waals surface area contributed by atoms with Gasteiger partial charge in [-0.1, -0.05) is 6.92 Å². The van der Waals surface area contributed by atoms with Crippen LogP contribution in [0.5, 0.6) is 11.5 Å². The molecule has 1 aromatic rings. The van der Waals surface area contributed by atoms with Crippen LogP contribution in [0.3, 0.4) is 0 Å². The number of nitrogens with one attached hydrogen (secondary N) is 1. The molecule has 0 saturated carbocycles. The average molecular weight is 290 g/mol. The molecule has 0 radical (unpaired) electrons. The SMILES string of the molecule is CCNC1CC2CCC(C1)N2c1cc(OC)cc(OC)c1. The predicted octanol–water partition coefficient (Wildman–Crippen LogP) is 2.81. The maximum absolute atomic E-state index is 5.42. The fraction of sp³-hybridized carbons (Fsp3) is 0.647. The fourth-order valence-corrected chi connectivity index (χ4v) is 4.00. The molecule has 1 aromatic carbocycles. The molecule has 1 N–H and O–H groups in total. The molecule has 0 aliphatic carbocycles. The highest BCUT2D eigenvalue weighted by Crippen LogP contribution is 2.41. The molecular weight excluding hydrogens is 264 g/mol. The van der Waals surface area contributed by atoms with Crippen molar-refractivity contribution in [3.05, 3.63) is 18.2 Å². The van der Waals surface area contributed by atoms with Crippen LogP contribution >= 0.6 is 0 Å². The van der Waals surface area contributed by atoms with Crippen LogP contribution in [0.1, 0.15) is 32.6 Å². The molecule has 2 saturated heterocycles. The summed E-state index contributed by atoms with van der Waals surface area (Å²) in [6.45, 7) is 3.26. The highest BCUT2D eigenvalue weighted by Gasteiger charge is 2.40. The van der Waals surface area contributed by atoms with Gasteiger partial charge in [-0.25, -0.2) is 0 Å². The predicted molar refractivity (Wildman–Crippen MR) is 85.5 cm³/mol. The standard InChI is InChI=1S/C17H26N2O2/c1-4-18-12-7-13-5-6-14(8-12)19(13)15-9-16(20-2)11-17(10-15)21-3/h9-14,18H,4-8H2,1-3H3. The largest absolute Gasteiger partial charge is 0.497 e. The van der Waals surface area contributed by atoms with Crippen LogP contribution in [0, 0.1) is 0 Å². The van der Waals surface area contributed by atoms with Crippen LogP contribution in [-0.4, -0.2) is 38.9 Å². The van der Waals surface area contributed by atoms with Gasteiger partial charge in [0.15, 0.2) is 0 Å². The van der Waals surface area contributed by atoms with Crippen LogP contribution in [-0.2, 0) is 0 Å². The summed E-state index contributed by atoms with van der Waals surface area (Å²) in [5.74, 6) is 1.75. The van der Waals surface area contributed by atoms with Gasteiger partial charge in [0.1, 0.15) is 11.5 Å². The molecule has 2 atom stereocenters. The van der Waals surface area contributed by atoms with Gasteiger partial charge >= 0.3 is 0 Å². The smallest absolute Gasteiger partial charge is 0.124 e. The molecule has 2 unspecified atom stereocenters. The molecule has 2 heterocycles. The molecule has 4 nitrogen and oxygen atoms in total. The number of anilines is 1. The minimum atomic E-state index is 0.643. The second kappa shape index (κ2) is 6.14. The first-order valence-electron chi connectivity index (χ1n) is 8.00. The van der Waals surface area contributed by atoms with E-state index in [4.69, 9.17) is 9.47 Å². The third kappa shape index (κ3) is 2.82. The minimum Gasteiger partial charge on any atom is -0.497 e. The second-order valence-corrected chi connectivity index (χ2v) is 6.09. The van der Waals surface area contributed by atoms with Crippen LogP contribution in [0.15, 0.2) is 18.2 Å². The van der Waals surface area contributed by atoms with Gasteiger partial charge in [-0.3, -0.25) is 0 Å². The van der Waals surface area contributed by atoms with Crippen molar-refractivity contribution < 1.29 is 9.47 Å². The van der Waals surface area contributed by atoms with E-state index in [0.717, 1.165) is 18.0 Å². The molecular formula is C17H26N2O2. The summed E-state index contributed by atoms with van der Waals surface area (Å²) in [7, 11) is 3.43. The van der Waals surface area contributed by atoms with E-state index in [1.807, 2.05) is 6.07 Å². The van der Waals surface area contributed by atoms with E-state index in [-0.39, 0.29) is 0 Å². The molecule has 2 aliphatic rings. The summed E-state index contributed by atoms with van der Waals surface area (Å²) >= 11 is 0. The third-order valence-electron chi connectivity index (χ3n) is 4.86. The molecule has 2 bridgehead atoms. The lowest BCUT2D eigenvalue weighted by Gasteiger charge is -2.41. The van der Waals surface area contributed by atoms with Crippen molar-refractivity contribution in [3.8, 4) is 11.5 Å². The topological polar surface area (TPSA) is 33.7 Å². The Bertz CT molecular complexity index is 455. The highest BCUT2D eigenvalue weighted by atomic mass is 16.5. The normalized spacial score (nSPS) is 27.8. The molecule has 0 spiro atoms. The van der Waals surface area contributed by atoms with Crippen LogP contribution in [0.2, 0.25) is 0 Å². The van der Waals surface area contributed by atoms with Crippen LogP contribution < -0.4 is 19.7 Å². The number of fused-ring (bicyclic) bond motifs is 2. The number of hydrogen-bond donors (Lipinski definition) is 1. The van der Waals surface area contributed by atoms with Crippen molar-refractivity contribution in [1.29, 1.82) is 0 Å². The number of ether oxygens (including phenoxy) is 2. The Hall–Kier alpha value is -1.42. The Morgan fingerprint density at radius 3 is 2.10 bits per heavy atom. The summed E-state index contributed by atoms with van der Waals surface area (Å²) in [6.07, 6.45) is 5.08. The number of benzene rings is 1. The van der Waals surface area contributed by atoms with E-state index in [0.29, 0.717) is 18.1 Å². The fourth-order valence-electron chi connectivity index (χ4n) is 4.00. The van der Waals surface area contributed by atoms with Gasteiger partial charge in [-0.05, 0) is 32.2 Å². The van der Waals surface area contributed by atoms with E-state index >= 15 is 0 Å². The maximum atomic E-state index is 5.42. The molecule has 4 heteroatoms. The van der Waals surface area contributed by atoms with Gasteiger partial charge in [0.05, 0.1) is 14.2 Å². The maximum Gasteiger partial charge on any atom is 0.124 e. The molecule has 2 fully saturated rings. The summed E-state index contributed by atoms with van der Waals surface area (Å²) in [6, 6.07) is 8.19. The first-order valence-corrected chi connectivity index (χ1v) is 8.00.